The Morgan fingerprint density at radius 2 is 1.73 bits per heavy atom. The van der Waals surface area contributed by atoms with Gasteiger partial charge in [0.1, 0.15) is 0 Å². The topological polar surface area (TPSA) is 75.4 Å². The number of amides is 2. The lowest BCUT2D eigenvalue weighted by atomic mass is 10.1. The number of benzene rings is 2. The monoisotopic (exact) mass is 371 g/mol. The summed E-state index contributed by atoms with van der Waals surface area (Å²) in [6.45, 7) is 1.91. The fourth-order valence-corrected chi connectivity index (χ4v) is 3.23. The quantitative estimate of drug-likeness (QED) is 0.860. The summed E-state index contributed by atoms with van der Waals surface area (Å²) in [5.41, 5.74) is 7.92. The summed E-state index contributed by atoms with van der Waals surface area (Å²) in [6.07, 6.45) is 3.16. The lowest BCUT2D eigenvalue weighted by Crippen LogP contribution is -2.36. The van der Waals surface area contributed by atoms with Gasteiger partial charge in [-0.1, -0.05) is 23.7 Å². The molecule has 136 valence electrons. The Bertz CT molecular complexity index is 799. The van der Waals surface area contributed by atoms with Crippen LogP contribution in [-0.4, -0.2) is 29.8 Å². The lowest BCUT2D eigenvalue weighted by Gasteiger charge is -2.27. The Kier molecular flexibility index (Phi) is 5.91. The van der Waals surface area contributed by atoms with Crippen molar-refractivity contribution in [3.8, 4) is 0 Å². The van der Waals surface area contributed by atoms with Gasteiger partial charge < -0.3 is 16.0 Å². The van der Waals surface area contributed by atoms with Crippen LogP contribution in [0.3, 0.4) is 0 Å². The molecule has 5 nitrogen and oxygen atoms in total. The molecule has 6 heteroatoms. The van der Waals surface area contributed by atoms with Crippen LogP contribution in [0.25, 0.3) is 0 Å². The van der Waals surface area contributed by atoms with Crippen LogP contribution in [0.2, 0.25) is 5.02 Å². The molecule has 0 atom stereocenters. The second kappa shape index (κ2) is 8.34. The van der Waals surface area contributed by atoms with E-state index in [0.29, 0.717) is 28.4 Å². The zero-order valence-electron chi connectivity index (χ0n) is 14.5. The smallest absolute Gasteiger partial charge is 0.255 e. The Morgan fingerprint density at radius 1 is 1.04 bits per heavy atom. The average Bonchev–Trinajstić information content (AvgIpc) is 2.68. The zero-order chi connectivity index (χ0) is 18.5. The largest absolute Gasteiger partial charge is 0.339 e. The van der Waals surface area contributed by atoms with Crippen molar-refractivity contribution in [1.82, 2.24) is 4.90 Å². The minimum absolute atomic E-state index is 0.0739. The van der Waals surface area contributed by atoms with Gasteiger partial charge in [0.05, 0.1) is 11.3 Å². The molecule has 2 aromatic rings. The molecule has 0 unspecified atom stereocenters. The van der Waals surface area contributed by atoms with E-state index < -0.39 is 0 Å². The van der Waals surface area contributed by atoms with E-state index in [1.807, 2.05) is 17.0 Å². The van der Waals surface area contributed by atoms with Crippen LogP contribution in [-0.2, 0) is 6.54 Å². The molecule has 1 saturated heterocycles. The van der Waals surface area contributed by atoms with E-state index in [2.05, 4.69) is 5.32 Å². The lowest BCUT2D eigenvalue weighted by molar-refractivity contribution is 0.0725. The minimum atomic E-state index is -0.288. The third-order valence-electron chi connectivity index (χ3n) is 4.56. The number of carbonyl (C=O) groups is 2. The second-order valence-electron chi connectivity index (χ2n) is 6.40. The molecule has 1 heterocycles. The van der Waals surface area contributed by atoms with Crippen molar-refractivity contribution in [2.75, 3.05) is 18.4 Å². The molecule has 0 radical (unpaired) electrons. The third-order valence-corrected chi connectivity index (χ3v) is 4.79. The number of rotatable bonds is 4. The summed E-state index contributed by atoms with van der Waals surface area (Å²) >= 11 is 6.09. The predicted octanol–water partition coefficient (Wildman–Crippen LogP) is 3.68. The first-order chi connectivity index (χ1) is 12.6. The van der Waals surface area contributed by atoms with Crippen molar-refractivity contribution in [3.63, 3.8) is 0 Å². The van der Waals surface area contributed by atoms with E-state index in [4.69, 9.17) is 17.3 Å². The van der Waals surface area contributed by atoms with E-state index in [0.717, 1.165) is 37.9 Å². The van der Waals surface area contributed by atoms with Crippen molar-refractivity contribution < 1.29 is 9.59 Å². The fraction of sp³-hybridized carbons (Fsp3) is 0.300. The SMILES string of the molecule is NCc1ccc(C(=O)Nc2cc(Cl)ccc2C(=O)N2CCCCC2)cc1. The van der Waals surface area contributed by atoms with Crippen LogP contribution in [0.1, 0.15) is 45.5 Å². The van der Waals surface area contributed by atoms with Crippen molar-refractivity contribution in [3.05, 3.63) is 64.2 Å². The molecule has 1 aliphatic rings. The van der Waals surface area contributed by atoms with Gasteiger partial charge >= 0.3 is 0 Å². The van der Waals surface area contributed by atoms with Gasteiger partial charge in [0.25, 0.3) is 11.8 Å². The van der Waals surface area contributed by atoms with Gasteiger partial charge in [-0.3, -0.25) is 9.59 Å². The summed E-state index contributed by atoms with van der Waals surface area (Å²) in [5, 5.41) is 3.29. The van der Waals surface area contributed by atoms with Crippen molar-refractivity contribution in [1.29, 1.82) is 0 Å². The van der Waals surface area contributed by atoms with Crippen molar-refractivity contribution in [2.45, 2.75) is 25.8 Å². The van der Waals surface area contributed by atoms with Gasteiger partial charge in [-0.2, -0.15) is 0 Å². The Hall–Kier alpha value is -2.37. The number of carbonyl (C=O) groups excluding carboxylic acids is 2. The van der Waals surface area contributed by atoms with Crippen molar-refractivity contribution >= 4 is 29.1 Å². The summed E-state index contributed by atoms with van der Waals surface area (Å²) in [7, 11) is 0. The molecular formula is C20H22ClN3O2. The molecular weight excluding hydrogens is 350 g/mol. The maximum Gasteiger partial charge on any atom is 0.255 e. The first kappa shape index (κ1) is 18.4. The van der Waals surface area contributed by atoms with Crippen LogP contribution in [0, 0.1) is 0 Å². The number of halogens is 1. The third kappa shape index (κ3) is 4.23. The number of nitrogens with zero attached hydrogens (tertiary/aromatic N) is 1. The zero-order valence-corrected chi connectivity index (χ0v) is 15.3. The standard InChI is InChI=1S/C20H22ClN3O2/c21-16-8-9-17(20(26)24-10-2-1-3-11-24)18(12-16)23-19(25)15-6-4-14(13-22)5-7-15/h4-9,12H,1-3,10-11,13,22H2,(H,23,25). The normalized spacial score (nSPS) is 14.2. The van der Waals surface area contributed by atoms with Crippen LogP contribution >= 0.6 is 11.6 Å². The number of anilines is 1. The maximum atomic E-state index is 12.9. The van der Waals surface area contributed by atoms with Crippen LogP contribution in [0.5, 0.6) is 0 Å². The van der Waals surface area contributed by atoms with Crippen LogP contribution in [0.15, 0.2) is 42.5 Å². The van der Waals surface area contributed by atoms with Crippen LogP contribution in [0.4, 0.5) is 5.69 Å². The molecule has 0 saturated carbocycles. The molecule has 0 aromatic heterocycles. The number of hydrogen-bond acceptors (Lipinski definition) is 3. The molecule has 3 rings (SSSR count). The number of piperidine rings is 1. The summed E-state index contributed by atoms with van der Waals surface area (Å²) in [6, 6.07) is 12.0. The van der Waals surface area contributed by atoms with Gasteiger partial charge in [-0.05, 0) is 55.2 Å². The molecule has 1 aliphatic heterocycles. The highest BCUT2D eigenvalue weighted by molar-refractivity contribution is 6.31. The fourth-order valence-electron chi connectivity index (χ4n) is 3.06. The number of nitrogens with one attached hydrogen (secondary N) is 1. The van der Waals surface area contributed by atoms with Crippen LogP contribution < -0.4 is 11.1 Å². The molecule has 26 heavy (non-hydrogen) atoms. The second-order valence-corrected chi connectivity index (χ2v) is 6.83. The first-order valence-corrected chi connectivity index (χ1v) is 9.15. The molecule has 3 N–H and O–H groups in total. The van der Waals surface area contributed by atoms with E-state index in [9.17, 15) is 9.59 Å². The first-order valence-electron chi connectivity index (χ1n) is 8.77. The Labute approximate surface area is 158 Å². The number of nitrogens with two attached hydrogens (primary N) is 1. The van der Waals surface area contributed by atoms with Gasteiger partial charge in [0, 0.05) is 30.2 Å². The molecule has 0 bridgehead atoms. The van der Waals surface area contributed by atoms with E-state index in [1.54, 1.807) is 30.3 Å². The predicted molar refractivity (Wildman–Crippen MR) is 103 cm³/mol. The maximum absolute atomic E-state index is 12.9. The Balaban J connectivity index is 1.82. The molecule has 2 aromatic carbocycles. The number of hydrogen-bond donors (Lipinski definition) is 2. The Morgan fingerprint density at radius 3 is 2.38 bits per heavy atom. The van der Waals surface area contributed by atoms with Gasteiger partial charge in [0.2, 0.25) is 0 Å². The molecule has 2 amide bonds. The van der Waals surface area contributed by atoms with E-state index in [-0.39, 0.29) is 11.8 Å². The highest BCUT2D eigenvalue weighted by Gasteiger charge is 2.22. The molecule has 0 spiro atoms. The van der Waals surface area contributed by atoms with E-state index in [1.165, 1.54) is 0 Å². The summed E-state index contributed by atoms with van der Waals surface area (Å²) in [5.74, 6) is -0.362. The highest BCUT2D eigenvalue weighted by atomic mass is 35.5. The molecule has 1 fully saturated rings. The minimum Gasteiger partial charge on any atom is -0.339 e. The van der Waals surface area contributed by atoms with Crippen molar-refractivity contribution in [2.24, 2.45) is 5.73 Å². The van der Waals surface area contributed by atoms with Gasteiger partial charge in [-0.15, -0.1) is 0 Å². The summed E-state index contributed by atoms with van der Waals surface area (Å²) < 4.78 is 0. The molecule has 0 aliphatic carbocycles. The van der Waals surface area contributed by atoms with E-state index >= 15 is 0 Å². The van der Waals surface area contributed by atoms with Gasteiger partial charge in [0.15, 0.2) is 0 Å². The highest BCUT2D eigenvalue weighted by Crippen LogP contribution is 2.24. The number of likely N-dealkylation sites (tertiary alicyclic amines) is 1. The van der Waals surface area contributed by atoms with Gasteiger partial charge in [-0.25, -0.2) is 0 Å². The summed E-state index contributed by atoms with van der Waals surface area (Å²) in [4.78, 5) is 27.2. The average molecular weight is 372 g/mol.